The largest absolute Gasteiger partial charge is 0.495 e. The third-order valence-corrected chi connectivity index (χ3v) is 5.93. The number of nitrogens with zero attached hydrogens (tertiary/aromatic N) is 2. The van der Waals surface area contributed by atoms with E-state index in [4.69, 9.17) is 4.74 Å². The Balaban J connectivity index is 1.75. The second-order valence-corrected chi connectivity index (χ2v) is 7.36. The highest BCUT2D eigenvalue weighted by atomic mass is 16.5. The molecule has 2 amide bonds. The fraction of sp³-hybridized carbons (Fsp3) is 0.167. The minimum Gasteiger partial charge on any atom is -0.495 e. The van der Waals surface area contributed by atoms with Crippen LogP contribution < -0.4 is 14.5 Å². The second kappa shape index (κ2) is 6.21. The van der Waals surface area contributed by atoms with Crippen LogP contribution in [0, 0.1) is 0 Å². The van der Waals surface area contributed by atoms with Gasteiger partial charge in [0.15, 0.2) is 5.41 Å². The number of hydrogen-bond acceptors (Lipinski definition) is 3. The molecule has 0 unspecified atom stereocenters. The van der Waals surface area contributed by atoms with Crippen molar-refractivity contribution in [3.8, 4) is 5.75 Å². The van der Waals surface area contributed by atoms with Gasteiger partial charge in [-0.1, -0.05) is 60.7 Å². The number of amides is 2. The zero-order chi connectivity index (χ0) is 20.2. The summed E-state index contributed by atoms with van der Waals surface area (Å²) in [5.41, 5.74) is 2.48. The van der Waals surface area contributed by atoms with Gasteiger partial charge in [-0.3, -0.25) is 9.59 Å². The lowest BCUT2D eigenvalue weighted by atomic mass is 9.76. The zero-order valence-electron chi connectivity index (χ0n) is 16.3. The van der Waals surface area contributed by atoms with Crippen molar-refractivity contribution < 1.29 is 14.3 Å². The van der Waals surface area contributed by atoms with Gasteiger partial charge in [0.1, 0.15) is 5.75 Å². The van der Waals surface area contributed by atoms with Gasteiger partial charge in [0.25, 0.3) is 11.8 Å². The van der Waals surface area contributed by atoms with Crippen LogP contribution in [0.3, 0.4) is 0 Å². The quantitative estimate of drug-likeness (QED) is 0.650. The summed E-state index contributed by atoms with van der Waals surface area (Å²) in [7, 11) is 3.28. The molecule has 0 aliphatic carbocycles. The number of ether oxygens (including phenoxy) is 1. The van der Waals surface area contributed by atoms with Crippen LogP contribution in [0.1, 0.15) is 16.7 Å². The number of benzene rings is 3. The summed E-state index contributed by atoms with van der Waals surface area (Å²) in [4.78, 5) is 30.9. The average Bonchev–Trinajstić information content (AvgIpc) is 3.15. The smallest absolute Gasteiger partial charge is 0.252 e. The molecule has 0 aromatic heterocycles. The monoisotopic (exact) mass is 384 g/mol. The van der Waals surface area contributed by atoms with E-state index in [9.17, 15) is 9.59 Å². The number of methoxy groups -OCH3 is 1. The minimum absolute atomic E-state index is 0.216. The normalized spacial score (nSPS) is 19.7. The number of carbonyl (C=O) groups excluding carboxylic acids is 2. The van der Waals surface area contributed by atoms with Crippen LogP contribution in [-0.2, 0) is 21.5 Å². The van der Waals surface area contributed by atoms with E-state index >= 15 is 0 Å². The van der Waals surface area contributed by atoms with E-state index < -0.39 is 5.41 Å². The molecule has 2 heterocycles. The maximum atomic E-state index is 13.9. The van der Waals surface area contributed by atoms with Crippen molar-refractivity contribution >= 4 is 23.2 Å². The van der Waals surface area contributed by atoms with Crippen molar-refractivity contribution in [2.45, 2.75) is 12.0 Å². The molecule has 0 saturated heterocycles. The van der Waals surface area contributed by atoms with E-state index in [-0.39, 0.29) is 11.8 Å². The van der Waals surface area contributed by atoms with Crippen LogP contribution in [0.5, 0.6) is 5.75 Å². The third-order valence-electron chi connectivity index (χ3n) is 5.93. The summed E-state index contributed by atoms with van der Waals surface area (Å²) in [6.45, 7) is 0.411. The topological polar surface area (TPSA) is 49.9 Å². The van der Waals surface area contributed by atoms with Crippen molar-refractivity contribution in [2.24, 2.45) is 0 Å². The van der Waals surface area contributed by atoms with Gasteiger partial charge in [0.2, 0.25) is 0 Å². The van der Waals surface area contributed by atoms with Gasteiger partial charge < -0.3 is 14.5 Å². The van der Waals surface area contributed by atoms with Gasteiger partial charge in [-0.15, -0.1) is 0 Å². The summed E-state index contributed by atoms with van der Waals surface area (Å²) in [6, 6.07) is 22.9. The van der Waals surface area contributed by atoms with Gasteiger partial charge in [-0.05, 0) is 17.7 Å². The van der Waals surface area contributed by atoms with Gasteiger partial charge in [-0.2, -0.15) is 0 Å². The molecule has 1 atom stereocenters. The molecule has 5 nitrogen and oxygen atoms in total. The van der Waals surface area contributed by atoms with Gasteiger partial charge in [0.05, 0.1) is 19.3 Å². The lowest BCUT2D eigenvalue weighted by molar-refractivity contribution is -0.131. The highest BCUT2D eigenvalue weighted by Gasteiger charge is 2.63. The summed E-state index contributed by atoms with van der Waals surface area (Å²) in [6.07, 6.45) is 0. The van der Waals surface area contributed by atoms with Gasteiger partial charge in [-0.25, -0.2) is 0 Å². The molecule has 5 rings (SSSR count). The molecule has 2 aliphatic rings. The molecule has 1 spiro atoms. The highest BCUT2D eigenvalue weighted by molar-refractivity contribution is 6.31. The standard InChI is InChI=1S/C24H20N2O3/c1-25-21-18(12-8-14-20(21)29-2)24(22(25)27)17-11-6-7-13-19(17)26(23(24)28)15-16-9-4-3-5-10-16/h3-14H,15H2,1-2H3/t24-/m1/s1. The van der Waals surface area contributed by atoms with Gasteiger partial charge >= 0.3 is 0 Å². The molecule has 0 N–H and O–H groups in total. The van der Waals surface area contributed by atoms with E-state index in [0.29, 0.717) is 23.5 Å². The van der Waals surface area contributed by atoms with E-state index in [1.165, 1.54) is 0 Å². The molecular formula is C24H20N2O3. The van der Waals surface area contributed by atoms with E-state index in [1.807, 2.05) is 72.8 Å². The fourth-order valence-corrected chi connectivity index (χ4v) is 4.65. The molecule has 5 heteroatoms. The molecule has 0 saturated carbocycles. The Bertz CT molecular complexity index is 1140. The first-order chi connectivity index (χ1) is 14.1. The van der Waals surface area contributed by atoms with Crippen molar-refractivity contribution in [3.05, 3.63) is 89.5 Å². The maximum absolute atomic E-state index is 13.9. The Morgan fingerprint density at radius 2 is 1.52 bits per heavy atom. The number of rotatable bonds is 3. The summed E-state index contributed by atoms with van der Waals surface area (Å²) in [5, 5.41) is 0. The lowest BCUT2D eigenvalue weighted by Gasteiger charge is -2.23. The third kappa shape index (κ3) is 2.15. The predicted octanol–water partition coefficient (Wildman–Crippen LogP) is 3.50. The van der Waals surface area contributed by atoms with Crippen molar-refractivity contribution in [2.75, 3.05) is 24.0 Å². The van der Waals surface area contributed by atoms with E-state index in [0.717, 1.165) is 16.8 Å². The Hall–Kier alpha value is -3.60. The summed E-state index contributed by atoms with van der Waals surface area (Å²) < 4.78 is 5.51. The zero-order valence-corrected chi connectivity index (χ0v) is 16.3. The maximum Gasteiger partial charge on any atom is 0.252 e. The average molecular weight is 384 g/mol. The number of likely N-dealkylation sites (N-methyl/N-ethyl adjacent to an activating group) is 1. The van der Waals surface area contributed by atoms with Crippen LogP contribution in [0.4, 0.5) is 11.4 Å². The van der Waals surface area contributed by atoms with Crippen LogP contribution in [0.2, 0.25) is 0 Å². The molecule has 144 valence electrons. The molecule has 29 heavy (non-hydrogen) atoms. The molecule has 2 aliphatic heterocycles. The summed E-state index contributed by atoms with van der Waals surface area (Å²) in [5.74, 6) is 0.124. The van der Waals surface area contributed by atoms with Gasteiger partial charge in [0, 0.05) is 23.9 Å². The fourth-order valence-electron chi connectivity index (χ4n) is 4.65. The van der Waals surface area contributed by atoms with Crippen LogP contribution >= 0.6 is 0 Å². The van der Waals surface area contributed by atoms with Crippen LogP contribution in [-0.4, -0.2) is 26.0 Å². The van der Waals surface area contributed by atoms with Crippen molar-refractivity contribution in [1.82, 2.24) is 0 Å². The van der Waals surface area contributed by atoms with Crippen LogP contribution in [0.15, 0.2) is 72.8 Å². The van der Waals surface area contributed by atoms with Crippen molar-refractivity contribution in [3.63, 3.8) is 0 Å². The SMILES string of the molecule is COc1cccc2c1N(C)C(=O)[C@]21C(=O)N(Cc2ccccc2)c2ccccc21. The second-order valence-electron chi connectivity index (χ2n) is 7.36. The number of anilines is 2. The van der Waals surface area contributed by atoms with Crippen LogP contribution in [0.25, 0.3) is 0 Å². The molecular weight excluding hydrogens is 364 g/mol. The number of fused-ring (bicyclic) bond motifs is 4. The molecule has 0 fully saturated rings. The van der Waals surface area contributed by atoms with Crippen molar-refractivity contribution in [1.29, 1.82) is 0 Å². The van der Waals surface area contributed by atoms with E-state index in [2.05, 4.69) is 0 Å². The molecule has 3 aromatic carbocycles. The Kier molecular flexibility index (Phi) is 3.74. The van der Waals surface area contributed by atoms with E-state index in [1.54, 1.807) is 24.0 Å². The lowest BCUT2D eigenvalue weighted by Crippen LogP contribution is -2.47. The Morgan fingerprint density at radius 1 is 0.828 bits per heavy atom. The Morgan fingerprint density at radius 3 is 2.28 bits per heavy atom. The highest BCUT2D eigenvalue weighted by Crippen LogP contribution is 2.55. The summed E-state index contributed by atoms with van der Waals surface area (Å²) >= 11 is 0. The minimum atomic E-state index is -1.37. The predicted molar refractivity (Wildman–Crippen MR) is 111 cm³/mol. The molecule has 3 aromatic rings. The first-order valence-corrected chi connectivity index (χ1v) is 9.51. The first kappa shape index (κ1) is 17.5. The molecule has 0 bridgehead atoms. The first-order valence-electron chi connectivity index (χ1n) is 9.51. The number of hydrogen-bond donors (Lipinski definition) is 0. The number of para-hydroxylation sites is 2. The molecule has 0 radical (unpaired) electrons. The number of carbonyl (C=O) groups is 2. The Labute approximate surface area is 169 Å².